The zero-order valence-corrected chi connectivity index (χ0v) is 57.4. The Labute approximate surface area is 574 Å². The molecule has 0 unspecified atom stereocenters. The molecule has 0 bridgehead atoms. The predicted molar refractivity (Wildman–Crippen MR) is 362 cm³/mol. The van der Waals surface area contributed by atoms with E-state index in [1.54, 1.807) is 23.0 Å². The van der Waals surface area contributed by atoms with Gasteiger partial charge in [0, 0.05) is 84.4 Å². The van der Waals surface area contributed by atoms with Crippen molar-refractivity contribution in [1.29, 1.82) is 0 Å². The number of carbonyl (C=O) groups excluding carboxylic acids is 5. The van der Waals surface area contributed by atoms with Crippen LogP contribution in [0.25, 0.3) is 11.1 Å². The largest absolute Gasteiger partial charge is 0.462 e. The predicted octanol–water partition coefficient (Wildman–Crippen LogP) is 13.5. The van der Waals surface area contributed by atoms with Gasteiger partial charge in [-0.3, -0.25) is 24.0 Å². The maximum Gasteiger partial charge on any atom is 0.416 e. The van der Waals surface area contributed by atoms with Crippen LogP contribution in [-0.4, -0.2) is 176 Å². The molecule has 1 spiro atoms. The monoisotopic (exact) mass is 1380 g/mol. The average molecular weight is 1380 g/mol. The summed E-state index contributed by atoms with van der Waals surface area (Å²) >= 11 is 1.50. The summed E-state index contributed by atoms with van der Waals surface area (Å²) in [6.07, 6.45) is 2.00. The summed E-state index contributed by atoms with van der Waals surface area (Å²) in [5.41, 5.74) is 0.659. The number of rotatable bonds is 26. The van der Waals surface area contributed by atoms with Crippen molar-refractivity contribution >= 4 is 40.9 Å². The maximum absolute atomic E-state index is 14.0. The fourth-order valence-corrected chi connectivity index (χ4v) is 14.6. The van der Waals surface area contributed by atoms with Gasteiger partial charge in [0.15, 0.2) is 0 Å². The van der Waals surface area contributed by atoms with E-state index in [1.807, 2.05) is 74.4 Å². The molecule has 98 heavy (non-hydrogen) atoms. The highest BCUT2D eigenvalue weighted by Gasteiger charge is 2.50. The first kappa shape index (κ1) is 74.6. The lowest BCUT2D eigenvalue weighted by Gasteiger charge is -2.44. The molecule has 23 heteroatoms. The number of likely N-dealkylation sites (tertiary alicyclic amines) is 2. The van der Waals surface area contributed by atoms with Crippen LogP contribution in [0.4, 0.5) is 30.7 Å². The van der Waals surface area contributed by atoms with Gasteiger partial charge in [-0.1, -0.05) is 111 Å². The summed E-state index contributed by atoms with van der Waals surface area (Å²) in [6.45, 7) is 9.81. The number of piperidine rings is 2. The summed E-state index contributed by atoms with van der Waals surface area (Å²) in [5.74, 6) is -1.57. The highest BCUT2D eigenvalue weighted by atomic mass is 32.1. The minimum Gasteiger partial charge on any atom is -0.462 e. The van der Waals surface area contributed by atoms with Crippen molar-refractivity contribution in [2.45, 2.75) is 139 Å². The number of aromatic nitrogens is 1. The van der Waals surface area contributed by atoms with E-state index in [2.05, 4.69) is 52.0 Å². The topological polar surface area (TPSA) is 145 Å². The van der Waals surface area contributed by atoms with Gasteiger partial charge in [-0.15, -0.1) is 11.3 Å². The van der Waals surface area contributed by atoms with Crippen molar-refractivity contribution in [3.8, 4) is 11.1 Å². The Morgan fingerprint density at radius 1 is 0.714 bits per heavy atom. The number of fused-ring (bicyclic) bond motifs is 2. The first-order valence-corrected chi connectivity index (χ1v) is 34.8. The molecule has 3 aliphatic heterocycles. The van der Waals surface area contributed by atoms with E-state index in [1.165, 1.54) is 46.7 Å². The number of alkyl halides is 6. The number of nitrogens with zero attached hydrogens (tertiary/aromatic N) is 7. The van der Waals surface area contributed by atoms with Crippen LogP contribution in [0.1, 0.15) is 143 Å². The minimum absolute atomic E-state index is 0.0147. The van der Waals surface area contributed by atoms with Gasteiger partial charge in [-0.05, 0) is 148 Å². The summed E-state index contributed by atoms with van der Waals surface area (Å²) in [7, 11) is 5.46. The number of hydrogen-bond donors (Lipinski definition) is 0. The summed E-state index contributed by atoms with van der Waals surface area (Å²) < 4.78 is 114. The number of ether oxygens (including phenoxy) is 3. The number of likely N-dealkylation sites (N-methyl/N-ethyl adjacent to an activating group) is 2. The Balaban J connectivity index is 0.000000231. The van der Waals surface area contributed by atoms with E-state index in [0.717, 1.165) is 117 Å². The molecule has 3 fully saturated rings. The molecule has 0 saturated carbocycles. The van der Waals surface area contributed by atoms with E-state index in [4.69, 9.17) is 14.2 Å². The Morgan fingerprint density at radius 3 is 2.05 bits per heavy atom. The number of halogens is 7. The van der Waals surface area contributed by atoms with Gasteiger partial charge < -0.3 is 43.6 Å². The van der Waals surface area contributed by atoms with Gasteiger partial charge in [-0.25, -0.2) is 9.37 Å². The molecule has 0 radical (unpaired) electrons. The average Bonchev–Trinajstić information content (AvgIpc) is 1.58. The first-order chi connectivity index (χ1) is 46.9. The number of benzene rings is 5. The van der Waals surface area contributed by atoms with Crippen LogP contribution < -0.4 is 0 Å². The SMILES string of the molecule is CCCN(C)C(=O)c1cnc(CCCCCCC(=O)N(C)CCN2CCC(OC(=O)Cc3ccccc3-c3ccccc3)CC2)s1.CCN(C)C(=O)CO[C@H]1Cc2ccccc2C12CCN(CC[C@@]1(c3ccc(F)cc3)CN(C(=O)c3cc(C(F)(F)F)cc(C(F)(F)F)c3)CO1)CC2. The summed E-state index contributed by atoms with van der Waals surface area (Å²) in [5, 5.41) is 1.01. The number of amides is 4. The minimum atomic E-state index is -5.11. The van der Waals surface area contributed by atoms with Gasteiger partial charge in [0.05, 0.1) is 41.4 Å². The van der Waals surface area contributed by atoms with E-state index < -0.39 is 53.1 Å². The lowest BCUT2D eigenvalue weighted by molar-refractivity contribution is -0.150. The second-order valence-corrected chi connectivity index (χ2v) is 27.3. The van der Waals surface area contributed by atoms with Crippen molar-refractivity contribution < 1.29 is 68.9 Å². The van der Waals surface area contributed by atoms with E-state index in [9.17, 15) is 54.7 Å². The molecule has 5 aromatic carbocycles. The molecule has 0 N–H and O–H groups in total. The van der Waals surface area contributed by atoms with Gasteiger partial charge in [-0.2, -0.15) is 26.3 Å². The van der Waals surface area contributed by atoms with Crippen LogP contribution in [0.15, 0.2) is 128 Å². The quantitative estimate of drug-likeness (QED) is 0.0291. The molecule has 4 aliphatic rings. The van der Waals surface area contributed by atoms with Crippen LogP contribution >= 0.6 is 11.3 Å². The second kappa shape index (κ2) is 34.0. The normalized spacial score (nSPS) is 18.0. The Hall–Kier alpha value is -7.57. The number of aryl methyl sites for hydroxylation is 1. The maximum atomic E-state index is 14.0. The molecule has 4 heterocycles. The number of carbonyl (C=O) groups is 5. The number of esters is 1. The lowest BCUT2D eigenvalue weighted by atomic mass is 9.72. The molecule has 15 nitrogen and oxygen atoms in total. The number of hydrogen-bond acceptors (Lipinski definition) is 12. The van der Waals surface area contributed by atoms with Crippen LogP contribution in [-0.2, 0) is 71.2 Å². The molecular weight excluding hydrogens is 1290 g/mol. The van der Waals surface area contributed by atoms with E-state index >= 15 is 0 Å². The van der Waals surface area contributed by atoms with Crippen molar-refractivity contribution in [3.05, 3.63) is 182 Å². The fourth-order valence-electron chi connectivity index (χ4n) is 13.6. The molecule has 528 valence electrons. The van der Waals surface area contributed by atoms with Gasteiger partial charge in [0.2, 0.25) is 11.8 Å². The molecule has 3 saturated heterocycles. The molecule has 2 atom stereocenters. The molecule has 10 rings (SSSR count). The zero-order chi connectivity index (χ0) is 70.2. The first-order valence-electron chi connectivity index (χ1n) is 34.0. The standard InChI is InChI=1S/C38H40F7N3O4.C37H50N4O4S/c1-3-46(2)33(49)22-51-32-20-25-6-4-5-7-31(25)35(32)12-15-47(16-13-35)17-14-36(27-8-10-30(39)11-9-27)23-48(24-52-36)34(50)26-18-28(37(40,41)42)21-29(19-26)38(43,44)45;1-4-22-40(3)37(44)33-28-38-34(46-33)18-10-5-6-11-19-35(42)39(2)25-26-41-23-20-31(21-24-41)45-36(43)27-30-16-12-13-17-32(30)29-14-8-7-9-15-29/h4-11,18-19,21,32H,3,12-17,20,22-24H2,1-2H3;7-9,12-17,28,31H,4-6,10-11,18-27H2,1-3H3/t32-,36-;/m0./s1. The van der Waals surface area contributed by atoms with Gasteiger partial charge >= 0.3 is 18.3 Å². The Kier molecular flexibility index (Phi) is 25.9. The van der Waals surface area contributed by atoms with Crippen LogP contribution in [0, 0.1) is 5.82 Å². The van der Waals surface area contributed by atoms with Crippen LogP contribution in [0.5, 0.6) is 0 Å². The van der Waals surface area contributed by atoms with Crippen molar-refractivity contribution in [3.63, 3.8) is 0 Å². The third-order valence-corrected chi connectivity index (χ3v) is 20.6. The van der Waals surface area contributed by atoms with Crippen molar-refractivity contribution in [2.24, 2.45) is 0 Å². The zero-order valence-electron chi connectivity index (χ0n) is 56.6. The lowest BCUT2D eigenvalue weighted by Crippen LogP contribution is -2.49. The highest BCUT2D eigenvalue weighted by molar-refractivity contribution is 7.13. The number of thiazole rings is 1. The summed E-state index contributed by atoms with van der Waals surface area (Å²) in [4.78, 5) is 80.1. The summed E-state index contributed by atoms with van der Waals surface area (Å²) in [6, 6.07) is 32.7. The molecule has 1 aliphatic carbocycles. The van der Waals surface area contributed by atoms with Crippen molar-refractivity contribution in [2.75, 3.05) is 99.9 Å². The van der Waals surface area contributed by atoms with Crippen molar-refractivity contribution in [1.82, 2.24) is 34.4 Å². The Bertz CT molecular complexity index is 3600. The Morgan fingerprint density at radius 2 is 1.37 bits per heavy atom. The van der Waals surface area contributed by atoms with Crippen LogP contribution in [0.2, 0.25) is 0 Å². The second-order valence-electron chi connectivity index (χ2n) is 26.2. The smallest absolute Gasteiger partial charge is 0.416 e. The van der Waals surface area contributed by atoms with E-state index in [-0.39, 0.29) is 67.0 Å². The molecule has 1 aromatic heterocycles. The fraction of sp³-hybridized carbons (Fsp3) is 0.493. The van der Waals surface area contributed by atoms with Gasteiger partial charge in [0.25, 0.3) is 11.8 Å². The number of unbranched alkanes of at least 4 members (excludes halogenated alkanes) is 3. The van der Waals surface area contributed by atoms with E-state index in [0.29, 0.717) is 74.6 Å². The van der Waals surface area contributed by atoms with Gasteiger partial charge in [0.1, 0.15) is 35.7 Å². The molecule has 4 amide bonds. The third-order valence-electron chi connectivity index (χ3n) is 19.5. The van der Waals surface area contributed by atoms with Crippen LogP contribution in [0.3, 0.4) is 0 Å². The third kappa shape index (κ3) is 19.4. The molecule has 6 aromatic rings. The highest BCUT2D eigenvalue weighted by Crippen LogP contribution is 2.48. The molecular formula is C75H90F7N7O8S.